The summed E-state index contributed by atoms with van der Waals surface area (Å²) in [5.41, 5.74) is 1.65. The van der Waals surface area contributed by atoms with Gasteiger partial charge in [-0.3, -0.25) is 9.52 Å². The molecular formula is C16H16N2O4S. The highest BCUT2D eigenvalue weighted by Gasteiger charge is 2.24. The summed E-state index contributed by atoms with van der Waals surface area (Å²) in [4.78, 5) is 14.4. The Bertz CT molecular complexity index is 831. The molecule has 6 nitrogen and oxygen atoms in total. The predicted molar refractivity (Wildman–Crippen MR) is 88.5 cm³/mol. The molecule has 1 heterocycles. The Morgan fingerprint density at radius 1 is 1.13 bits per heavy atom. The summed E-state index contributed by atoms with van der Waals surface area (Å²) in [6.45, 7) is 0.912. The fourth-order valence-electron chi connectivity index (χ4n) is 2.43. The summed E-state index contributed by atoms with van der Waals surface area (Å²) in [6, 6.07) is 13.7. The molecule has 0 bridgehead atoms. The van der Waals surface area contributed by atoms with E-state index in [4.69, 9.17) is 4.74 Å². The Kier molecular flexibility index (Phi) is 3.96. The number of nitrogens with zero attached hydrogens (tertiary/aromatic N) is 1. The number of rotatable bonds is 3. The number of amides is 1. The lowest BCUT2D eigenvalue weighted by molar-refractivity contribution is 0.0976. The number of ether oxygens (including phenoxy) is 1. The molecule has 0 fully saturated rings. The highest BCUT2D eigenvalue weighted by atomic mass is 32.2. The molecule has 0 spiro atoms. The zero-order valence-electron chi connectivity index (χ0n) is 12.5. The average Bonchev–Trinajstić information content (AvgIpc) is 2.53. The van der Waals surface area contributed by atoms with Gasteiger partial charge in [-0.2, -0.15) is 0 Å². The minimum atomic E-state index is -3.33. The quantitative estimate of drug-likeness (QED) is 0.934. The van der Waals surface area contributed by atoms with Crippen molar-refractivity contribution in [2.45, 2.75) is 0 Å². The van der Waals surface area contributed by atoms with Crippen molar-refractivity contribution in [2.24, 2.45) is 0 Å². The summed E-state index contributed by atoms with van der Waals surface area (Å²) < 4.78 is 30.3. The van der Waals surface area contributed by atoms with Crippen molar-refractivity contribution < 1.29 is 17.9 Å². The monoisotopic (exact) mass is 332 g/mol. The standard InChI is InChI=1S/C16H16N2O4S/c1-23(20,21)17-13-8-6-12(7-9-13)16(19)18-10-11-22-15-5-3-2-4-14(15)18/h2-9,17H,10-11H2,1H3. The first-order chi connectivity index (χ1) is 10.9. The van der Waals surface area contributed by atoms with E-state index in [1.807, 2.05) is 24.3 Å². The van der Waals surface area contributed by atoms with Crippen molar-refractivity contribution in [3.63, 3.8) is 0 Å². The fraction of sp³-hybridized carbons (Fsp3) is 0.188. The Balaban J connectivity index is 1.84. The van der Waals surface area contributed by atoms with Gasteiger partial charge in [-0.1, -0.05) is 12.1 Å². The molecule has 0 unspecified atom stereocenters. The summed E-state index contributed by atoms with van der Waals surface area (Å²) in [5, 5.41) is 0. The SMILES string of the molecule is CS(=O)(=O)Nc1ccc(C(=O)N2CCOc3ccccc32)cc1. The molecule has 0 aliphatic carbocycles. The predicted octanol–water partition coefficient (Wildman–Crippen LogP) is 2.10. The van der Waals surface area contributed by atoms with Crippen LogP contribution in [0.2, 0.25) is 0 Å². The molecule has 1 amide bonds. The largest absolute Gasteiger partial charge is 0.490 e. The van der Waals surface area contributed by atoms with E-state index in [0.29, 0.717) is 30.2 Å². The lowest BCUT2D eigenvalue weighted by Gasteiger charge is -2.29. The zero-order chi connectivity index (χ0) is 16.4. The van der Waals surface area contributed by atoms with E-state index < -0.39 is 10.0 Å². The van der Waals surface area contributed by atoms with E-state index in [1.165, 1.54) is 0 Å². The van der Waals surface area contributed by atoms with Crippen LogP contribution in [0.3, 0.4) is 0 Å². The van der Waals surface area contributed by atoms with E-state index in [0.717, 1.165) is 11.9 Å². The van der Waals surface area contributed by atoms with Crippen LogP contribution in [0.1, 0.15) is 10.4 Å². The van der Waals surface area contributed by atoms with Gasteiger partial charge in [0.25, 0.3) is 5.91 Å². The number of anilines is 2. The second-order valence-electron chi connectivity index (χ2n) is 5.22. The van der Waals surface area contributed by atoms with Crippen LogP contribution in [0.25, 0.3) is 0 Å². The minimum Gasteiger partial charge on any atom is -0.490 e. The third-order valence-electron chi connectivity index (χ3n) is 3.41. The molecule has 0 atom stereocenters. The molecule has 3 rings (SSSR count). The van der Waals surface area contributed by atoms with Gasteiger partial charge in [0.05, 0.1) is 18.5 Å². The van der Waals surface area contributed by atoms with E-state index in [2.05, 4.69) is 4.72 Å². The molecule has 2 aromatic carbocycles. The summed E-state index contributed by atoms with van der Waals surface area (Å²) in [7, 11) is -3.33. The number of hydrogen-bond acceptors (Lipinski definition) is 4. The molecule has 2 aromatic rings. The third kappa shape index (κ3) is 3.45. The van der Waals surface area contributed by atoms with Crippen LogP contribution in [-0.2, 0) is 10.0 Å². The van der Waals surface area contributed by atoms with Crippen LogP contribution in [0, 0.1) is 0 Å². The molecule has 120 valence electrons. The van der Waals surface area contributed by atoms with Gasteiger partial charge < -0.3 is 9.64 Å². The molecule has 1 N–H and O–H groups in total. The Labute approximate surface area is 134 Å². The molecular weight excluding hydrogens is 316 g/mol. The van der Waals surface area contributed by atoms with Gasteiger partial charge in [0.15, 0.2) is 0 Å². The lowest BCUT2D eigenvalue weighted by Crippen LogP contribution is -2.37. The summed E-state index contributed by atoms with van der Waals surface area (Å²) in [6.07, 6.45) is 1.08. The van der Waals surface area contributed by atoms with E-state index in [-0.39, 0.29) is 5.91 Å². The smallest absolute Gasteiger partial charge is 0.258 e. The average molecular weight is 332 g/mol. The van der Waals surface area contributed by atoms with E-state index in [1.54, 1.807) is 29.2 Å². The Morgan fingerprint density at radius 2 is 1.83 bits per heavy atom. The van der Waals surface area contributed by atoms with Crippen molar-refractivity contribution in [3.8, 4) is 5.75 Å². The van der Waals surface area contributed by atoms with Crippen molar-refractivity contribution in [1.29, 1.82) is 0 Å². The van der Waals surface area contributed by atoms with Gasteiger partial charge in [0, 0.05) is 11.3 Å². The highest BCUT2D eigenvalue weighted by molar-refractivity contribution is 7.92. The number of carbonyl (C=O) groups is 1. The first kappa shape index (κ1) is 15.4. The number of nitrogens with one attached hydrogen (secondary N) is 1. The molecule has 0 aromatic heterocycles. The highest BCUT2D eigenvalue weighted by Crippen LogP contribution is 2.32. The van der Waals surface area contributed by atoms with Gasteiger partial charge in [0.2, 0.25) is 10.0 Å². The number of fused-ring (bicyclic) bond motifs is 1. The van der Waals surface area contributed by atoms with Crippen LogP contribution in [0.5, 0.6) is 5.75 Å². The number of carbonyl (C=O) groups excluding carboxylic acids is 1. The molecule has 0 radical (unpaired) electrons. The van der Waals surface area contributed by atoms with Crippen LogP contribution in [0.4, 0.5) is 11.4 Å². The van der Waals surface area contributed by atoms with E-state index in [9.17, 15) is 13.2 Å². The van der Waals surface area contributed by atoms with Crippen LogP contribution in [-0.4, -0.2) is 33.7 Å². The van der Waals surface area contributed by atoms with Crippen LogP contribution in [0.15, 0.2) is 48.5 Å². The lowest BCUT2D eigenvalue weighted by atomic mass is 10.1. The zero-order valence-corrected chi connectivity index (χ0v) is 13.3. The van der Waals surface area contributed by atoms with Gasteiger partial charge >= 0.3 is 0 Å². The third-order valence-corrected chi connectivity index (χ3v) is 4.02. The second-order valence-corrected chi connectivity index (χ2v) is 6.97. The second kappa shape index (κ2) is 5.92. The maximum atomic E-state index is 12.7. The van der Waals surface area contributed by atoms with Crippen LogP contribution < -0.4 is 14.4 Å². The van der Waals surface area contributed by atoms with E-state index >= 15 is 0 Å². The first-order valence-electron chi connectivity index (χ1n) is 7.05. The number of hydrogen-bond donors (Lipinski definition) is 1. The fourth-order valence-corrected chi connectivity index (χ4v) is 3.00. The number of sulfonamides is 1. The van der Waals surface area contributed by atoms with Crippen molar-refractivity contribution in [3.05, 3.63) is 54.1 Å². The Hall–Kier alpha value is -2.54. The normalized spacial score (nSPS) is 13.9. The summed E-state index contributed by atoms with van der Waals surface area (Å²) in [5.74, 6) is 0.536. The van der Waals surface area contributed by atoms with Gasteiger partial charge in [-0.05, 0) is 36.4 Å². The van der Waals surface area contributed by atoms with Gasteiger partial charge in [-0.25, -0.2) is 8.42 Å². The number of benzene rings is 2. The molecule has 1 aliphatic heterocycles. The maximum Gasteiger partial charge on any atom is 0.258 e. The maximum absolute atomic E-state index is 12.7. The Morgan fingerprint density at radius 3 is 2.52 bits per heavy atom. The van der Waals surface area contributed by atoms with Gasteiger partial charge in [-0.15, -0.1) is 0 Å². The molecule has 0 saturated carbocycles. The van der Waals surface area contributed by atoms with Crippen molar-refractivity contribution in [1.82, 2.24) is 0 Å². The topological polar surface area (TPSA) is 75.7 Å². The molecule has 0 saturated heterocycles. The van der Waals surface area contributed by atoms with Crippen LogP contribution >= 0.6 is 0 Å². The molecule has 7 heteroatoms. The molecule has 23 heavy (non-hydrogen) atoms. The minimum absolute atomic E-state index is 0.147. The van der Waals surface area contributed by atoms with Crippen molar-refractivity contribution >= 4 is 27.3 Å². The first-order valence-corrected chi connectivity index (χ1v) is 8.95. The van der Waals surface area contributed by atoms with Gasteiger partial charge in [0.1, 0.15) is 12.4 Å². The van der Waals surface area contributed by atoms with Crippen molar-refractivity contribution in [2.75, 3.05) is 29.0 Å². The molecule has 1 aliphatic rings. The number of para-hydroxylation sites is 2. The summed E-state index contributed by atoms with van der Waals surface area (Å²) >= 11 is 0.